The molecule has 1 aromatic heterocycles. The van der Waals surface area contributed by atoms with Crippen LogP contribution in [-0.4, -0.2) is 81.6 Å². The third kappa shape index (κ3) is 6.32. The average molecular weight is 510 g/mol. The summed E-state index contributed by atoms with van der Waals surface area (Å²) in [6, 6.07) is 2.92. The van der Waals surface area contributed by atoms with Gasteiger partial charge in [0.05, 0.1) is 12.7 Å². The highest BCUT2D eigenvalue weighted by molar-refractivity contribution is 5.91. The highest BCUT2D eigenvalue weighted by Gasteiger charge is 2.38. The normalized spacial score (nSPS) is 20.4. The summed E-state index contributed by atoms with van der Waals surface area (Å²) in [6.07, 6.45) is 0.732. The van der Waals surface area contributed by atoms with Gasteiger partial charge in [0.25, 0.3) is 0 Å². The maximum atomic E-state index is 13.9. The van der Waals surface area contributed by atoms with Gasteiger partial charge in [-0.05, 0) is 48.4 Å². The Morgan fingerprint density at radius 3 is 2.47 bits per heavy atom. The molecule has 0 spiro atoms. The van der Waals surface area contributed by atoms with Crippen LogP contribution in [0.2, 0.25) is 0 Å². The van der Waals surface area contributed by atoms with Crippen LogP contribution in [0.25, 0.3) is 6.08 Å². The summed E-state index contributed by atoms with van der Waals surface area (Å²) in [4.78, 5) is 30.7. The zero-order chi connectivity index (χ0) is 25.9. The Bertz CT molecular complexity index is 1090. The van der Waals surface area contributed by atoms with Crippen LogP contribution in [0.1, 0.15) is 24.1 Å². The van der Waals surface area contributed by atoms with Crippen molar-refractivity contribution in [2.75, 3.05) is 33.2 Å². The van der Waals surface area contributed by atoms with Crippen molar-refractivity contribution in [3.8, 4) is 5.75 Å². The SMILES string of the molecule is CN(Cc1cn[nH]n1)C(=O)N1C[C@H]2CCN(C(=O)/C=C/c3ccc(OC(F)(F)F)c(F)c3)CC[C@H]2C1. The lowest BCUT2D eigenvalue weighted by Crippen LogP contribution is -2.40. The minimum Gasteiger partial charge on any atom is -0.403 e. The minimum atomic E-state index is -4.99. The smallest absolute Gasteiger partial charge is 0.403 e. The fourth-order valence-electron chi connectivity index (χ4n) is 4.68. The highest BCUT2D eigenvalue weighted by atomic mass is 19.4. The maximum Gasteiger partial charge on any atom is 0.573 e. The van der Waals surface area contributed by atoms with Gasteiger partial charge in [-0.1, -0.05) is 6.07 Å². The quantitative estimate of drug-likeness (QED) is 0.492. The molecule has 0 radical (unpaired) electrons. The Morgan fingerprint density at radius 1 is 1.19 bits per heavy atom. The molecular formula is C23H26F4N6O3. The molecule has 1 aromatic carbocycles. The Balaban J connectivity index is 1.28. The topological polar surface area (TPSA) is 94.7 Å². The van der Waals surface area contributed by atoms with E-state index >= 15 is 0 Å². The number of ether oxygens (including phenoxy) is 1. The number of nitrogens with zero attached hydrogens (tertiary/aromatic N) is 5. The maximum absolute atomic E-state index is 13.9. The van der Waals surface area contributed by atoms with Gasteiger partial charge in [0.1, 0.15) is 5.69 Å². The number of aromatic amines is 1. The van der Waals surface area contributed by atoms with Crippen LogP contribution in [0.3, 0.4) is 0 Å². The van der Waals surface area contributed by atoms with Crippen LogP contribution in [0.5, 0.6) is 5.75 Å². The van der Waals surface area contributed by atoms with E-state index in [0.717, 1.165) is 25.0 Å². The largest absolute Gasteiger partial charge is 0.573 e. The molecule has 9 nitrogen and oxygen atoms in total. The summed E-state index contributed by atoms with van der Waals surface area (Å²) < 4.78 is 54.3. The number of urea groups is 1. The van der Waals surface area contributed by atoms with Crippen LogP contribution in [0, 0.1) is 17.7 Å². The monoisotopic (exact) mass is 510 g/mol. The molecule has 0 bridgehead atoms. The molecule has 13 heteroatoms. The minimum absolute atomic E-state index is 0.0687. The first-order valence-corrected chi connectivity index (χ1v) is 11.5. The molecule has 2 fully saturated rings. The number of aromatic nitrogens is 3. The molecule has 2 saturated heterocycles. The molecule has 36 heavy (non-hydrogen) atoms. The number of likely N-dealkylation sites (tertiary alicyclic amines) is 2. The predicted molar refractivity (Wildman–Crippen MR) is 120 cm³/mol. The Kier molecular flexibility index (Phi) is 7.45. The van der Waals surface area contributed by atoms with Crippen molar-refractivity contribution in [2.45, 2.75) is 25.7 Å². The van der Waals surface area contributed by atoms with Crippen molar-refractivity contribution in [3.05, 3.63) is 47.5 Å². The molecule has 1 N–H and O–H groups in total. The van der Waals surface area contributed by atoms with Gasteiger partial charge in [0.15, 0.2) is 11.6 Å². The van der Waals surface area contributed by atoms with E-state index in [9.17, 15) is 27.2 Å². The van der Waals surface area contributed by atoms with Crippen LogP contribution in [-0.2, 0) is 11.3 Å². The van der Waals surface area contributed by atoms with Crippen molar-refractivity contribution in [3.63, 3.8) is 0 Å². The summed E-state index contributed by atoms with van der Waals surface area (Å²) in [5.74, 6) is -1.79. The van der Waals surface area contributed by atoms with Crippen molar-refractivity contribution in [2.24, 2.45) is 11.8 Å². The first-order valence-electron chi connectivity index (χ1n) is 11.5. The number of alkyl halides is 3. The number of nitrogens with one attached hydrogen (secondary N) is 1. The van der Waals surface area contributed by atoms with Crippen LogP contribution >= 0.6 is 0 Å². The van der Waals surface area contributed by atoms with Crippen molar-refractivity contribution >= 4 is 18.0 Å². The van der Waals surface area contributed by atoms with Crippen molar-refractivity contribution in [1.29, 1.82) is 0 Å². The molecule has 4 rings (SSSR count). The van der Waals surface area contributed by atoms with E-state index in [1.54, 1.807) is 23.0 Å². The van der Waals surface area contributed by atoms with E-state index in [1.165, 1.54) is 18.2 Å². The number of hydrogen-bond donors (Lipinski definition) is 1. The summed E-state index contributed by atoms with van der Waals surface area (Å²) in [7, 11) is 1.72. The Morgan fingerprint density at radius 2 is 1.89 bits per heavy atom. The number of carbonyl (C=O) groups is 2. The number of amides is 3. The van der Waals surface area contributed by atoms with Crippen LogP contribution < -0.4 is 4.74 Å². The van der Waals surface area contributed by atoms with Crippen LogP contribution in [0.4, 0.5) is 22.4 Å². The third-order valence-electron chi connectivity index (χ3n) is 6.49. The lowest BCUT2D eigenvalue weighted by molar-refractivity contribution is -0.275. The van der Waals surface area contributed by atoms with Gasteiger partial charge >= 0.3 is 12.4 Å². The van der Waals surface area contributed by atoms with E-state index in [-0.39, 0.29) is 29.3 Å². The summed E-state index contributed by atoms with van der Waals surface area (Å²) >= 11 is 0. The van der Waals surface area contributed by atoms with Crippen LogP contribution in [0.15, 0.2) is 30.5 Å². The summed E-state index contributed by atoms with van der Waals surface area (Å²) in [5.41, 5.74) is 0.917. The highest BCUT2D eigenvalue weighted by Crippen LogP contribution is 2.32. The zero-order valence-corrected chi connectivity index (χ0v) is 19.5. The van der Waals surface area contributed by atoms with Crippen molar-refractivity contribution in [1.82, 2.24) is 30.1 Å². The zero-order valence-electron chi connectivity index (χ0n) is 19.5. The molecule has 194 valence electrons. The number of halogens is 4. The van der Waals surface area contributed by atoms with E-state index < -0.39 is 17.9 Å². The lowest BCUT2D eigenvalue weighted by Gasteiger charge is -2.25. The molecular weight excluding hydrogens is 484 g/mol. The number of H-pyrrole nitrogens is 1. The summed E-state index contributed by atoms with van der Waals surface area (Å²) in [6.45, 7) is 2.64. The second kappa shape index (κ2) is 10.5. The molecule has 0 saturated carbocycles. The van der Waals surface area contributed by atoms with E-state index in [1.807, 2.05) is 4.90 Å². The van der Waals surface area contributed by atoms with Gasteiger partial charge < -0.3 is 19.4 Å². The molecule has 2 aliphatic heterocycles. The fraction of sp³-hybridized carbons (Fsp3) is 0.478. The second-order valence-corrected chi connectivity index (χ2v) is 9.00. The van der Waals surface area contributed by atoms with E-state index in [4.69, 9.17) is 0 Å². The van der Waals surface area contributed by atoms with Gasteiger partial charge in [0, 0.05) is 39.3 Å². The van der Waals surface area contributed by atoms with Gasteiger partial charge in [0.2, 0.25) is 5.91 Å². The van der Waals surface area contributed by atoms with Gasteiger partial charge in [-0.25, -0.2) is 9.18 Å². The molecule has 3 heterocycles. The number of benzene rings is 1. The molecule has 2 aliphatic rings. The van der Waals surface area contributed by atoms with E-state index in [0.29, 0.717) is 38.4 Å². The fourth-order valence-corrected chi connectivity index (χ4v) is 4.68. The predicted octanol–water partition coefficient (Wildman–Crippen LogP) is 3.28. The third-order valence-corrected chi connectivity index (χ3v) is 6.49. The van der Waals surface area contributed by atoms with Gasteiger partial charge in [-0.3, -0.25) is 4.79 Å². The second-order valence-electron chi connectivity index (χ2n) is 9.00. The Hall–Kier alpha value is -3.64. The first kappa shape index (κ1) is 25.5. The van der Waals surface area contributed by atoms with Crippen molar-refractivity contribution < 1.29 is 31.9 Å². The number of hydrogen-bond acceptors (Lipinski definition) is 5. The number of rotatable bonds is 5. The molecule has 2 aromatic rings. The standard InChI is InChI=1S/C23H26F4N6O3/c1-31(14-18-11-28-30-29-18)22(35)33-12-16-6-8-32(9-7-17(16)13-33)21(34)5-3-15-2-4-20(19(24)10-15)36-23(25,26)27/h2-5,10-11,16-17H,6-9,12-14H2,1H3,(H,28,29,30)/b5-3+/t16-,17+. The molecule has 2 atom stereocenters. The summed E-state index contributed by atoms with van der Waals surface area (Å²) in [5, 5.41) is 10.2. The number of carbonyl (C=O) groups excluding carboxylic acids is 2. The van der Waals surface area contributed by atoms with E-state index in [2.05, 4.69) is 20.1 Å². The van der Waals surface area contributed by atoms with Gasteiger partial charge in [-0.15, -0.1) is 13.2 Å². The lowest BCUT2D eigenvalue weighted by atomic mass is 9.92. The average Bonchev–Trinajstić information content (AvgIpc) is 3.43. The molecule has 0 unspecified atom stereocenters. The Labute approximate surface area is 204 Å². The molecule has 3 amide bonds. The molecule has 0 aliphatic carbocycles. The van der Waals surface area contributed by atoms with Gasteiger partial charge in [-0.2, -0.15) is 15.4 Å². The number of fused-ring (bicyclic) bond motifs is 1. The first-order chi connectivity index (χ1) is 17.1.